The normalized spacial score (nSPS) is 11.0. The van der Waals surface area contributed by atoms with Crippen LogP contribution in [-0.4, -0.2) is 35.6 Å². The number of methoxy groups -OCH3 is 1. The van der Waals surface area contributed by atoms with Crippen molar-refractivity contribution in [3.05, 3.63) is 59.4 Å². The molecule has 0 saturated heterocycles. The lowest BCUT2D eigenvalue weighted by Crippen LogP contribution is -2.36. The van der Waals surface area contributed by atoms with Crippen molar-refractivity contribution in [2.75, 3.05) is 13.7 Å². The summed E-state index contributed by atoms with van der Waals surface area (Å²) in [6, 6.07) is 10.4. The highest BCUT2D eigenvalue weighted by Crippen LogP contribution is 2.24. The highest BCUT2D eigenvalue weighted by molar-refractivity contribution is 5.96. The lowest BCUT2D eigenvalue weighted by Gasteiger charge is -2.26. The predicted molar refractivity (Wildman–Crippen MR) is 89.5 cm³/mol. The summed E-state index contributed by atoms with van der Waals surface area (Å²) in [6.07, 6.45) is 1.31. The number of ether oxygens (including phenoxy) is 1. The number of nitrogens with zero attached hydrogens (tertiary/aromatic N) is 1. The van der Waals surface area contributed by atoms with E-state index in [1.807, 2.05) is 38.1 Å². The van der Waals surface area contributed by atoms with E-state index in [-0.39, 0.29) is 22.6 Å². The molecule has 0 spiro atoms. The van der Waals surface area contributed by atoms with E-state index in [2.05, 4.69) is 10.3 Å². The number of carboxylic acid groups (broad SMARTS) is 1. The van der Waals surface area contributed by atoms with E-state index in [0.717, 1.165) is 11.3 Å². The van der Waals surface area contributed by atoms with Crippen LogP contribution in [0.5, 0.6) is 5.75 Å². The number of amides is 1. The second-order valence-corrected chi connectivity index (χ2v) is 6.03. The molecular weight excluding hydrogens is 308 g/mol. The minimum absolute atomic E-state index is 0.155. The zero-order valence-corrected chi connectivity index (χ0v) is 13.9. The molecule has 0 aliphatic carbocycles. The molecule has 1 amide bonds. The third-order valence-corrected chi connectivity index (χ3v) is 3.80. The summed E-state index contributed by atoms with van der Waals surface area (Å²) in [4.78, 5) is 26.9. The number of carboxylic acids is 1. The Kier molecular flexibility index (Phi) is 5.18. The van der Waals surface area contributed by atoms with Crippen LogP contribution in [0.25, 0.3) is 0 Å². The van der Waals surface area contributed by atoms with Crippen molar-refractivity contribution >= 4 is 11.9 Å². The molecule has 2 rings (SSSR count). The number of carbonyl (C=O) groups is 2. The molecular formula is C18H20N2O4. The summed E-state index contributed by atoms with van der Waals surface area (Å²) in [5, 5.41) is 11.8. The standard InChI is InChI=1S/C18H20N2O4/c1-18(2,13-4-6-14(24-3)7-5-13)11-20-16(21)12-8-9-19-15(10-12)17(22)23/h4-10H,11H2,1-3H3,(H,20,21)(H,22,23). The maximum absolute atomic E-state index is 12.2. The van der Waals surface area contributed by atoms with Crippen molar-refractivity contribution in [2.24, 2.45) is 0 Å². The van der Waals surface area contributed by atoms with Crippen molar-refractivity contribution < 1.29 is 19.4 Å². The van der Waals surface area contributed by atoms with Gasteiger partial charge in [-0.25, -0.2) is 9.78 Å². The smallest absolute Gasteiger partial charge is 0.354 e. The van der Waals surface area contributed by atoms with Crippen molar-refractivity contribution in [3.8, 4) is 5.75 Å². The summed E-state index contributed by atoms with van der Waals surface area (Å²) in [5.74, 6) is -0.721. The molecule has 6 nitrogen and oxygen atoms in total. The number of nitrogens with one attached hydrogen (secondary N) is 1. The first-order valence-electron chi connectivity index (χ1n) is 7.45. The monoisotopic (exact) mass is 328 g/mol. The van der Waals surface area contributed by atoms with Gasteiger partial charge < -0.3 is 15.2 Å². The maximum Gasteiger partial charge on any atom is 0.354 e. The van der Waals surface area contributed by atoms with Gasteiger partial charge in [0, 0.05) is 23.7 Å². The minimum Gasteiger partial charge on any atom is -0.497 e. The molecule has 0 unspecified atom stereocenters. The molecule has 0 saturated carbocycles. The van der Waals surface area contributed by atoms with Gasteiger partial charge in [-0.1, -0.05) is 26.0 Å². The topological polar surface area (TPSA) is 88.5 Å². The van der Waals surface area contributed by atoms with E-state index in [4.69, 9.17) is 9.84 Å². The van der Waals surface area contributed by atoms with Gasteiger partial charge in [0.25, 0.3) is 5.91 Å². The highest BCUT2D eigenvalue weighted by atomic mass is 16.5. The van der Waals surface area contributed by atoms with Crippen LogP contribution in [0.4, 0.5) is 0 Å². The number of hydrogen-bond donors (Lipinski definition) is 2. The first-order chi connectivity index (χ1) is 11.3. The molecule has 0 atom stereocenters. The van der Waals surface area contributed by atoms with Gasteiger partial charge in [0.15, 0.2) is 0 Å². The van der Waals surface area contributed by atoms with E-state index in [0.29, 0.717) is 6.54 Å². The second-order valence-electron chi connectivity index (χ2n) is 6.03. The van der Waals surface area contributed by atoms with Gasteiger partial charge >= 0.3 is 5.97 Å². The highest BCUT2D eigenvalue weighted by Gasteiger charge is 2.22. The molecule has 0 radical (unpaired) electrons. The summed E-state index contributed by atoms with van der Waals surface area (Å²) in [5.41, 5.74) is 0.888. The average molecular weight is 328 g/mol. The second kappa shape index (κ2) is 7.12. The zero-order chi connectivity index (χ0) is 17.7. The van der Waals surface area contributed by atoms with E-state index >= 15 is 0 Å². The summed E-state index contributed by atoms with van der Waals surface area (Å²) in [6.45, 7) is 4.44. The van der Waals surface area contributed by atoms with Gasteiger partial charge in [-0.05, 0) is 29.8 Å². The van der Waals surface area contributed by atoms with Crippen LogP contribution in [0.3, 0.4) is 0 Å². The van der Waals surface area contributed by atoms with Crippen LogP contribution >= 0.6 is 0 Å². The van der Waals surface area contributed by atoms with Gasteiger partial charge in [0.2, 0.25) is 0 Å². The molecule has 0 bridgehead atoms. The van der Waals surface area contributed by atoms with Crippen LogP contribution in [0, 0.1) is 0 Å². The third kappa shape index (κ3) is 4.10. The van der Waals surface area contributed by atoms with Gasteiger partial charge in [0.05, 0.1) is 7.11 Å². The average Bonchev–Trinajstić information content (AvgIpc) is 2.60. The van der Waals surface area contributed by atoms with Crippen LogP contribution < -0.4 is 10.1 Å². The molecule has 1 heterocycles. The van der Waals surface area contributed by atoms with E-state index in [1.54, 1.807) is 7.11 Å². The number of aromatic carboxylic acids is 1. The lowest BCUT2D eigenvalue weighted by molar-refractivity contribution is 0.0690. The largest absolute Gasteiger partial charge is 0.497 e. The molecule has 1 aromatic heterocycles. The third-order valence-electron chi connectivity index (χ3n) is 3.80. The molecule has 24 heavy (non-hydrogen) atoms. The molecule has 2 aromatic rings. The molecule has 0 aliphatic heterocycles. The van der Waals surface area contributed by atoms with Crippen molar-refractivity contribution in [1.29, 1.82) is 0 Å². The lowest BCUT2D eigenvalue weighted by atomic mass is 9.84. The molecule has 1 aromatic carbocycles. The first kappa shape index (κ1) is 17.5. The summed E-state index contributed by atoms with van der Waals surface area (Å²) in [7, 11) is 1.61. The Bertz CT molecular complexity index is 739. The molecule has 0 aliphatic rings. The number of rotatable bonds is 6. The fourth-order valence-electron chi connectivity index (χ4n) is 2.24. The molecule has 2 N–H and O–H groups in total. The number of aromatic nitrogens is 1. The Morgan fingerprint density at radius 2 is 1.88 bits per heavy atom. The van der Waals surface area contributed by atoms with Crippen LogP contribution in [-0.2, 0) is 5.41 Å². The SMILES string of the molecule is COc1ccc(C(C)(C)CNC(=O)c2ccnc(C(=O)O)c2)cc1. The van der Waals surface area contributed by atoms with E-state index < -0.39 is 5.97 Å². The van der Waals surface area contributed by atoms with Crippen LogP contribution in [0.1, 0.15) is 40.3 Å². The van der Waals surface area contributed by atoms with E-state index in [9.17, 15) is 9.59 Å². The Morgan fingerprint density at radius 3 is 2.46 bits per heavy atom. The molecule has 6 heteroatoms. The van der Waals surface area contributed by atoms with E-state index in [1.165, 1.54) is 18.3 Å². The van der Waals surface area contributed by atoms with Gasteiger partial charge in [-0.2, -0.15) is 0 Å². The Morgan fingerprint density at radius 1 is 1.21 bits per heavy atom. The Hall–Kier alpha value is -2.89. The predicted octanol–water partition coefficient (Wildman–Crippen LogP) is 2.50. The quantitative estimate of drug-likeness (QED) is 0.850. The van der Waals surface area contributed by atoms with Gasteiger partial charge in [-0.15, -0.1) is 0 Å². The van der Waals surface area contributed by atoms with Gasteiger partial charge in [0.1, 0.15) is 11.4 Å². The van der Waals surface area contributed by atoms with Crippen molar-refractivity contribution in [3.63, 3.8) is 0 Å². The van der Waals surface area contributed by atoms with Crippen molar-refractivity contribution in [1.82, 2.24) is 10.3 Å². The number of pyridine rings is 1. The number of carbonyl (C=O) groups excluding carboxylic acids is 1. The summed E-state index contributed by atoms with van der Waals surface area (Å²) < 4.78 is 5.14. The van der Waals surface area contributed by atoms with Crippen LogP contribution in [0.2, 0.25) is 0 Å². The maximum atomic E-state index is 12.2. The molecule has 0 fully saturated rings. The van der Waals surface area contributed by atoms with Crippen molar-refractivity contribution in [2.45, 2.75) is 19.3 Å². The Labute approximate surface area is 140 Å². The minimum atomic E-state index is -1.16. The summed E-state index contributed by atoms with van der Waals surface area (Å²) >= 11 is 0. The number of benzene rings is 1. The first-order valence-corrected chi connectivity index (χ1v) is 7.45. The number of hydrogen-bond acceptors (Lipinski definition) is 4. The zero-order valence-electron chi connectivity index (χ0n) is 13.9. The molecule has 126 valence electrons. The fourth-order valence-corrected chi connectivity index (χ4v) is 2.24. The van der Waals surface area contributed by atoms with Gasteiger partial charge in [-0.3, -0.25) is 4.79 Å². The van der Waals surface area contributed by atoms with Crippen LogP contribution in [0.15, 0.2) is 42.6 Å². The fraction of sp³-hybridized carbons (Fsp3) is 0.278. The Balaban J connectivity index is 2.06.